The predicted octanol–water partition coefficient (Wildman–Crippen LogP) is 3.41. The van der Waals surface area contributed by atoms with E-state index >= 15 is 0 Å². The Morgan fingerprint density at radius 2 is 2.24 bits per heavy atom. The van der Waals surface area contributed by atoms with Gasteiger partial charge in [-0.25, -0.2) is 0 Å². The summed E-state index contributed by atoms with van der Waals surface area (Å²) in [6, 6.07) is 7.91. The highest BCUT2D eigenvalue weighted by atomic mass is 35.5. The van der Waals surface area contributed by atoms with E-state index < -0.39 is 0 Å². The van der Waals surface area contributed by atoms with Gasteiger partial charge in [0, 0.05) is 17.1 Å². The second-order valence-corrected chi connectivity index (χ2v) is 4.91. The molecule has 1 fully saturated rings. The van der Waals surface area contributed by atoms with Crippen LogP contribution < -0.4 is 5.32 Å². The van der Waals surface area contributed by atoms with Gasteiger partial charge >= 0.3 is 0 Å². The maximum absolute atomic E-state index is 11.7. The number of halogens is 1. The van der Waals surface area contributed by atoms with Crippen molar-refractivity contribution in [2.45, 2.75) is 32.2 Å². The maximum Gasteiger partial charge on any atom is 0.244 e. The van der Waals surface area contributed by atoms with Gasteiger partial charge < -0.3 is 5.32 Å². The Balaban J connectivity index is 2.02. The lowest BCUT2D eigenvalue weighted by atomic mass is 9.93. The van der Waals surface area contributed by atoms with Crippen LogP contribution in [0.4, 0.5) is 0 Å². The number of hydrogen-bond donors (Lipinski definition) is 1. The number of benzene rings is 1. The highest BCUT2D eigenvalue weighted by Gasteiger charge is 2.18. The van der Waals surface area contributed by atoms with Crippen LogP contribution >= 0.6 is 11.6 Å². The molecule has 0 unspecified atom stereocenters. The van der Waals surface area contributed by atoms with Gasteiger partial charge in [0.05, 0.1) is 0 Å². The summed E-state index contributed by atoms with van der Waals surface area (Å²) in [6.07, 6.45) is 5.08. The normalized spacial score (nSPS) is 16.5. The van der Waals surface area contributed by atoms with Gasteiger partial charge in [-0.3, -0.25) is 4.79 Å². The van der Waals surface area contributed by atoms with Crippen LogP contribution in [-0.4, -0.2) is 11.9 Å². The largest absolute Gasteiger partial charge is 0.350 e. The lowest BCUT2D eigenvalue weighted by Crippen LogP contribution is -2.38. The van der Waals surface area contributed by atoms with E-state index in [-0.39, 0.29) is 5.91 Å². The first-order chi connectivity index (χ1) is 8.15. The first-order valence-corrected chi connectivity index (χ1v) is 6.27. The lowest BCUT2D eigenvalue weighted by molar-refractivity contribution is -0.117. The molecule has 1 N–H and O–H groups in total. The molecule has 2 rings (SSSR count). The second-order valence-electron chi connectivity index (χ2n) is 4.47. The fourth-order valence-electron chi connectivity index (χ4n) is 1.81. The molecule has 1 aliphatic rings. The molecule has 90 valence electrons. The van der Waals surface area contributed by atoms with Crippen molar-refractivity contribution in [3.05, 3.63) is 40.9 Å². The summed E-state index contributed by atoms with van der Waals surface area (Å²) < 4.78 is 0. The molecular formula is C14H16ClNO. The van der Waals surface area contributed by atoms with Gasteiger partial charge in [0.2, 0.25) is 5.91 Å². The van der Waals surface area contributed by atoms with Gasteiger partial charge in [0.15, 0.2) is 0 Å². The van der Waals surface area contributed by atoms with Crippen LogP contribution in [-0.2, 0) is 4.79 Å². The Morgan fingerprint density at radius 3 is 2.82 bits per heavy atom. The zero-order valence-electron chi connectivity index (χ0n) is 9.87. The average Bonchev–Trinajstić information content (AvgIpc) is 2.23. The van der Waals surface area contributed by atoms with Crippen LogP contribution in [0.25, 0.3) is 5.57 Å². The Labute approximate surface area is 107 Å². The average molecular weight is 250 g/mol. The van der Waals surface area contributed by atoms with Gasteiger partial charge in [0.1, 0.15) is 0 Å². The molecule has 2 nitrogen and oxygen atoms in total. The molecule has 3 heteroatoms. The third-order valence-corrected chi connectivity index (χ3v) is 3.31. The van der Waals surface area contributed by atoms with Crippen molar-refractivity contribution in [2.75, 3.05) is 0 Å². The fraction of sp³-hybridized carbons (Fsp3) is 0.357. The zero-order valence-corrected chi connectivity index (χ0v) is 10.6. The van der Waals surface area contributed by atoms with Crippen molar-refractivity contribution in [2.24, 2.45) is 0 Å². The van der Waals surface area contributed by atoms with Gasteiger partial charge in [-0.05, 0) is 49.5 Å². The van der Waals surface area contributed by atoms with Crippen LogP contribution in [0.2, 0.25) is 5.02 Å². The molecule has 0 saturated heterocycles. The number of rotatable bonds is 3. The molecule has 0 atom stereocenters. The first kappa shape index (κ1) is 12.2. The van der Waals surface area contributed by atoms with E-state index in [0.717, 1.165) is 24.0 Å². The lowest BCUT2D eigenvalue weighted by Gasteiger charge is -2.25. The van der Waals surface area contributed by atoms with E-state index in [0.29, 0.717) is 11.1 Å². The maximum atomic E-state index is 11.7. The molecule has 17 heavy (non-hydrogen) atoms. The van der Waals surface area contributed by atoms with E-state index in [1.807, 2.05) is 31.2 Å². The van der Waals surface area contributed by atoms with Gasteiger partial charge in [-0.1, -0.05) is 23.7 Å². The summed E-state index contributed by atoms with van der Waals surface area (Å²) in [6.45, 7) is 1.92. The minimum Gasteiger partial charge on any atom is -0.350 e. The van der Waals surface area contributed by atoms with Crippen LogP contribution in [0.5, 0.6) is 0 Å². The second kappa shape index (κ2) is 5.37. The van der Waals surface area contributed by atoms with Crippen molar-refractivity contribution in [1.82, 2.24) is 5.32 Å². The molecule has 0 aliphatic heterocycles. The summed E-state index contributed by atoms with van der Waals surface area (Å²) in [7, 11) is 0. The standard InChI is InChI=1S/C14H16ClNO/c1-10(11-4-2-5-12(15)9-11)8-14(17)16-13-6-3-7-13/h2,4-5,8-9,13H,3,6-7H2,1H3,(H,16,17)/b10-8+. The number of nitrogens with one attached hydrogen (secondary N) is 1. The van der Waals surface area contributed by atoms with Gasteiger partial charge in [0.25, 0.3) is 0 Å². The van der Waals surface area contributed by atoms with Crippen molar-refractivity contribution in [3.8, 4) is 0 Å². The third-order valence-electron chi connectivity index (χ3n) is 3.08. The fourth-order valence-corrected chi connectivity index (χ4v) is 2.00. The Bertz CT molecular complexity index is 449. The molecule has 1 saturated carbocycles. The minimum absolute atomic E-state index is 0.00724. The van der Waals surface area contributed by atoms with Crippen molar-refractivity contribution >= 4 is 23.1 Å². The number of hydrogen-bond acceptors (Lipinski definition) is 1. The van der Waals surface area contributed by atoms with Crippen LogP contribution in [0.15, 0.2) is 30.3 Å². The Kier molecular flexibility index (Phi) is 3.85. The van der Waals surface area contributed by atoms with Gasteiger partial charge in [-0.2, -0.15) is 0 Å². The predicted molar refractivity (Wildman–Crippen MR) is 70.9 cm³/mol. The Morgan fingerprint density at radius 1 is 1.47 bits per heavy atom. The van der Waals surface area contributed by atoms with Crippen LogP contribution in [0, 0.1) is 0 Å². The van der Waals surface area contributed by atoms with Crippen LogP contribution in [0.3, 0.4) is 0 Å². The molecular weight excluding hydrogens is 234 g/mol. The first-order valence-electron chi connectivity index (χ1n) is 5.90. The molecule has 1 aliphatic carbocycles. The van der Waals surface area contributed by atoms with E-state index in [1.54, 1.807) is 6.08 Å². The van der Waals surface area contributed by atoms with Crippen molar-refractivity contribution < 1.29 is 4.79 Å². The monoisotopic (exact) mass is 249 g/mol. The highest BCUT2D eigenvalue weighted by molar-refractivity contribution is 6.30. The van der Waals surface area contributed by atoms with E-state index in [9.17, 15) is 4.79 Å². The number of carbonyl (C=O) groups excluding carboxylic acids is 1. The number of amides is 1. The van der Waals surface area contributed by atoms with E-state index in [4.69, 9.17) is 11.6 Å². The summed E-state index contributed by atoms with van der Waals surface area (Å²) >= 11 is 5.91. The Hall–Kier alpha value is -1.28. The van der Waals surface area contributed by atoms with Crippen molar-refractivity contribution in [3.63, 3.8) is 0 Å². The quantitative estimate of drug-likeness (QED) is 0.818. The van der Waals surface area contributed by atoms with E-state index in [1.165, 1.54) is 6.42 Å². The molecule has 1 amide bonds. The summed E-state index contributed by atoms with van der Waals surface area (Å²) in [5, 5.41) is 3.67. The molecule has 1 aromatic carbocycles. The smallest absolute Gasteiger partial charge is 0.244 e. The molecule has 0 radical (unpaired) electrons. The SMILES string of the molecule is C/C(=C\C(=O)NC1CCC1)c1cccc(Cl)c1. The molecule has 0 bridgehead atoms. The highest BCUT2D eigenvalue weighted by Crippen LogP contribution is 2.20. The topological polar surface area (TPSA) is 29.1 Å². The summed E-state index contributed by atoms with van der Waals surface area (Å²) in [5.41, 5.74) is 1.92. The van der Waals surface area contributed by atoms with E-state index in [2.05, 4.69) is 5.32 Å². The molecule has 1 aromatic rings. The third kappa shape index (κ3) is 3.34. The molecule has 0 heterocycles. The summed E-state index contributed by atoms with van der Waals surface area (Å²) in [4.78, 5) is 11.7. The number of carbonyl (C=O) groups is 1. The zero-order chi connectivity index (χ0) is 12.3. The van der Waals surface area contributed by atoms with Crippen molar-refractivity contribution in [1.29, 1.82) is 0 Å². The summed E-state index contributed by atoms with van der Waals surface area (Å²) in [5.74, 6) is -0.00724. The number of allylic oxidation sites excluding steroid dienone is 1. The van der Waals surface area contributed by atoms with Gasteiger partial charge in [-0.15, -0.1) is 0 Å². The minimum atomic E-state index is -0.00724. The molecule has 0 spiro atoms. The molecule has 0 aromatic heterocycles. The van der Waals surface area contributed by atoms with Crippen LogP contribution in [0.1, 0.15) is 31.7 Å².